The zero-order valence-corrected chi connectivity index (χ0v) is 26.5. The predicted octanol–water partition coefficient (Wildman–Crippen LogP) is 7.39. The number of anilines is 2. The van der Waals surface area contributed by atoms with Gasteiger partial charge in [-0.3, -0.25) is 4.90 Å². The molecular weight excluding hydrogens is 644 g/mol. The third-order valence-corrected chi connectivity index (χ3v) is 10.9. The number of nitriles is 1. The molecule has 0 saturated carbocycles. The minimum Gasteiger partial charge on any atom is -0.489 e. The molecule has 4 aromatic rings. The van der Waals surface area contributed by atoms with Gasteiger partial charge in [0.25, 0.3) is 0 Å². The monoisotopic (exact) mass is 674 g/mol. The van der Waals surface area contributed by atoms with Crippen molar-refractivity contribution in [2.75, 3.05) is 43.9 Å². The molecule has 0 spiro atoms. The lowest BCUT2D eigenvalue weighted by atomic mass is 9.94. The molecule has 1 fully saturated rings. The molecule has 0 amide bonds. The van der Waals surface area contributed by atoms with Crippen molar-refractivity contribution < 1.29 is 27.0 Å². The standard InChI is InChI=1S/C32H31ClF4N6O2S/c1-42-10-3-5-19(42)20-6-2-4-15(29(36)37)9-11-43-12-13-44-27-23-26(40-32(45-20)41-31(23)43)25(35)22(24(27)33)16-7-8-18(34)28-21(16)17(14-38)30(39)46-28/h7-8,15,19-20,29H,2-6,9-13,39H2,1H3/t15?,19-,20?/m0/s1. The highest BCUT2D eigenvalue weighted by atomic mass is 35.5. The quantitative estimate of drug-likeness (QED) is 0.225. The van der Waals surface area contributed by atoms with Crippen LogP contribution in [0.5, 0.6) is 11.8 Å². The van der Waals surface area contributed by atoms with Crippen LogP contribution in [0.15, 0.2) is 12.1 Å². The molecule has 0 radical (unpaired) electrons. The molecule has 2 aromatic heterocycles. The number of fused-ring (bicyclic) bond motifs is 2. The summed E-state index contributed by atoms with van der Waals surface area (Å²) in [6.45, 7) is 1.49. The highest BCUT2D eigenvalue weighted by Gasteiger charge is 2.36. The topological polar surface area (TPSA) is 101 Å². The molecule has 2 aromatic carbocycles. The number of benzene rings is 2. The number of ether oxygens (including phenoxy) is 2. The smallest absolute Gasteiger partial charge is 0.319 e. The van der Waals surface area contributed by atoms with Crippen LogP contribution in [-0.2, 0) is 0 Å². The second-order valence-corrected chi connectivity index (χ2v) is 13.6. The van der Waals surface area contributed by atoms with Gasteiger partial charge in [0.2, 0.25) is 6.43 Å². The zero-order chi connectivity index (χ0) is 32.3. The molecule has 3 aliphatic rings. The zero-order valence-electron chi connectivity index (χ0n) is 25.0. The molecular formula is C32H31ClF4N6O2S. The summed E-state index contributed by atoms with van der Waals surface area (Å²) in [5.74, 6) is -1.87. The summed E-state index contributed by atoms with van der Waals surface area (Å²) in [7, 11) is 2.00. The van der Waals surface area contributed by atoms with Crippen molar-refractivity contribution in [1.29, 1.82) is 5.26 Å². The van der Waals surface area contributed by atoms with Crippen molar-refractivity contribution in [1.82, 2.24) is 14.9 Å². The maximum Gasteiger partial charge on any atom is 0.319 e. The first-order valence-corrected chi connectivity index (χ1v) is 16.5. The Morgan fingerprint density at radius 1 is 1.09 bits per heavy atom. The van der Waals surface area contributed by atoms with Crippen molar-refractivity contribution in [3.05, 3.63) is 34.4 Å². The minimum atomic E-state index is -2.49. The number of aromatic nitrogens is 2. The third kappa shape index (κ3) is 5.15. The van der Waals surface area contributed by atoms with Crippen molar-refractivity contribution in [2.45, 2.75) is 57.1 Å². The lowest BCUT2D eigenvalue weighted by molar-refractivity contribution is 0.0568. The van der Waals surface area contributed by atoms with Gasteiger partial charge < -0.3 is 20.1 Å². The van der Waals surface area contributed by atoms with E-state index in [1.54, 1.807) is 4.90 Å². The van der Waals surface area contributed by atoms with Gasteiger partial charge in [-0.2, -0.15) is 15.2 Å². The van der Waals surface area contributed by atoms with E-state index in [1.165, 1.54) is 12.1 Å². The number of hydrogen-bond acceptors (Lipinski definition) is 9. The Morgan fingerprint density at radius 2 is 1.91 bits per heavy atom. The van der Waals surface area contributed by atoms with Crippen LogP contribution in [0.3, 0.4) is 0 Å². The Balaban J connectivity index is 1.48. The number of nitrogen functional groups attached to an aromatic ring is 1. The maximum absolute atomic E-state index is 17.0. The molecule has 46 heavy (non-hydrogen) atoms. The van der Waals surface area contributed by atoms with Gasteiger partial charge in [-0.1, -0.05) is 17.7 Å². The molecule has 3 aliphatic heterocycles. The minimum absolute atomic E-state index is 0.0157. The Bertz CT molecular complexity index is 1880. The van der Waals surface area contributed by atoms with E-state index < -0.39 is 30.1 Å². The summed E-state index contributed by atoms with van der Waals surface area (Å²) in [5, 5.41) is 10.2. The number of likely N-dealkylation sites (tertiary alicyclic amines) is 1. The van der Waals surface area contributed by atoms with E-state index in [-0.39, 0.29) is 97.4 Å². The van der Waals surface area contributed by atoms with Gasteiger partial charge in [-0.05, 0) is 63.7 Å². The molecule has 14 heteroatoms. The van der Waals surface area contributed by atoms with E-state index in [1.807, 2.05) is 13.1 Å². The largest absolute Gasteiger partial charge is 0.489 e. The van der Waals surface area contributed by atoms with Crippen LogP contribution in [0.2, 0.25) is 5.02 Å². The predicted molar refractivity (Wildman–Crippen MR) is 170 cm³/mol. The number of rotatable bonds is 3. The van der Waals surface area contributed by atoms with Gasteiger partial charge in [-0.25, -0.2) is 17.6 Å². The average molecular weight is 675 g/mol. The molecule has 2 bridgehead atoms. The van der Waals surface area contributed by atoms with Crippen LogP contribution < -0.4 is 20.1 Å². The summed E-state index contributed by atoms with van der Waals surface area (Å²) in [6.07, 6.45) is 0.572. The Kier molecular flexibility index (Phi) is 8.23. The lowest BCUT2D eigenvalue weighted by Gasteiger charge is -2.31. The highest BCUT2D eigenvalue weighted by Crippen LogP contribution is 2.51. The first kappa shape index (κ1) is 31.0. The van der Waals surface area contributed by atoms with Crippen molar-refractivity contribution in [3.63, 3.8) is 0 Å². The summed E-state index contributed by atoms with van der Waals surface area (Å²) in [6, 6.07) is 4.53. The molecule has 8 nitrogen and oxygen atoms in total. The number of halogens is 5. The van der Waals surface area contributed by atoms with Crippen LogP contribution in [0.1, 0.15) is 44.1 Å². The molecule has 3 atom stereocenters. The Hall–Kier alpha value is -3.60. The van der Waals surface area contributed by atoms with Gasteiger partial charge in [-0.15, -0.1) is 11.3 Å². The van der Waals surface area contributed by atoms with Gasteiger partial charge >= 0.3 is 6.01 Å². The molecule has 7 rings (SSSR count). The molecule has 2 unspecified atom stereocenters. The van der Waals surface area contributed by atoms with E-state index in [0.29, 0.717) is 19.3 Å². The number of nitrogens with zero attached hydrogens (tertiary/aromatic N) is 5. The Morgan fingerprint density at radius 3 is 2.65 bits per heavy atom. The van der Waals surface area contributed by atoms with Crippen LogP contribution in [-0.4, -0.2) is 66.7 Å². The van der Waals surface area contributed by atoms with Gasteiger partial charge in [0.15, 0.2) is 11.6 Å². The normalized spacial score (nSPS) is 22.4. The van der Waals surface area contributed by atoms with Gasteiger partial charge in [0.05, 0.1) is 27.2 Å². The third-order valence-electron chi connectivity index (χ3n) is 9.50. The fourth-order valence-corrected chi connectivity index (χ4v) is 8.43. The van der Waals surface area contributed by atoms with E-state index in [4.69, 9.17) is 31.8 Å². The van der Waals surface area contributed by atoms with E-state index >= 15 is 4.39 Å². The molecule has 1 saturated heterocycles. The van der Waals surface area contributed by atoms with E-state index in [2.05, 4.69) is 9.88 Å². The summed E-state index contributed by atoms with van der Waals surface area (Å²) in [4.78, 5) is 13.3. The van der Waals surface area contributed by atoms with E-state index in [9.17, 15) is 18.4 Å². The van der Waals surface area contributed by atoms with Crippen molar-refractivity contribution >= 4 is 54.7 Å². The summed E-state index contributed by atoms with van der Waals surface area (Å²) in [5.41, 5.74) is 5.98. The van der Waals surface area contributed by atoms with Crippen LogP contribution in [0, 0.1) is 28.9 Å². The first-order chi connectivity index (χ1) is 22.2. The SMILES string of the molecule is CN1CCC[C@H]1C1CCCC(C(F)F)CCN2CCOc3c(Cl)c(-c4ccc(F)c5sc(N)c(C#N)c45)c(F)c4nc(nc2c34)O1. The van der Waals surface area contributed by atoms with Crippen molar-refractivity contribution in [2.24, 2.45) is 5.92 Å². The number of thiophene rings is 1. The molecule has 2 N–H and O–H groups in total. The second-order valence-electron chi connectivity index (χ2n) is 12.1. The number of nitrogens with two attached hydrogens (primary N) is 1. The first-order valence-electron chi connectivity index (χ1n) is 15.3. The van der Waals surface area contributed by atoms with Gasteiger partial charge in [0.1, 0.15) is 40.9 Å². The Labute approximate surface area is 271 Å². The average Bonchev–Trinajstić information content (AvgIpc) is 3.55. The van der Waals surface area contributed by atoms with Crippen LogP contribution in [0.4, 0.5) is 28.4 Å². The van der Waals surface area contributed by atoms with E-state index in [0.717, 1.165) is 30.7 Å². The fraction of sp³-hybridized carbons (Fsp3) is 0.469. The van der Waals surface area contributed by atoms with Crippen LogP contribution >= 0.6 is 22.9 Å². The molecule has 242 valence electrons. The number of hydrogen-bond donors (Lipinski definition) is 1. The second kappa shape index (κ2) is 12.2. The fourth-order valence-electron chi connectivity index (χ4n) is 7.15. The summed E-state index contributed by atoms with van der Waals surface area (Å²) < 4.78 is 73.0. The maximum atomic E-state index is 17.0. The lowest BCUT2D eigenvalue weighted by Crippen LogP contribution is -2.41. The number of alkyl halides is 2. The van der Waals surface area contributed by atoms with Crippen molar-refractivity contribution in [3.8, 4) is 29.0 Å². The summed E-state index contributed by atoms with van der Waals surface area (Å²) >= 11 is 7.84. The molecule has 5 heterocycles. The van der Waals surface area contributed by atoms with Crippen LogP contribution in [0.25, 0.3) is 32.1 Å². The van der Waals surface area contributed by atoms with Gasteiger partial charge in [0, 0.05) is 29.5 Å². The highest BCUT2D eigenvalue weighted by molar-refractivity contribution is 7.23. The molecule has 0 aliphatic carbocycles. The number of likely N-dealkylation sites (N-methyl/N-ethyl adjacent to an activating group) is 1.